The van der Waals surface area contributed by atoms with E-state index in [-0.39, 0.29) is 0 Å². The van der Waals surface area contributed by atoms with Crippen molar-refractivity contribution in [2.24, 2.45) is 11.8 Å². The number of esters is 2. The number of carbonyl (C=O) groups excluding carboxylic acids is 2. The van der Waals surface area contributed by atoms with E-state index in [4.69, 9.17) is 9.47 Å². The first-order chi connectivity index (χ1) is 11.6. The van der Waals surface area contributed by atoms with E-state index < -0.39 is 11.9 Å². The Morgan fingerprint density at radius 3 is 1.50 bits per heavy atom. The van der Waals surface area contributed by atoms with Gasteiger partial charge in [-0.1, -0.05) is 38.8 Å². The lowest BCUT2D eigenvalue weighted by Gasteiger charge is -2.13. The van der Waals surface area contributed by atoms with Crippen LogP contribution in [0.2, 0.25) is 0 Å². The van der Waals surface area contributed by atoms with Crippen molar-refractivity contribution in [1.82, 2.24) is 0 Å². The van der Waals surface area contributed by atoms with Crippen molar-refractivity contribution in [2.45, 2.75) is 52.4 Å². The van der Waals surface area contributed by atoms with Gasteiger partial charge >= 0.3 is 11.9 Å². The smallest absolute Gasteiger partial charge is 0.331 e. The second-order valence-corrected chi connectivity index (χ2v) is 5.87. The van der Waals surface area contributed by atoms with E-state index in [0.717, 1.165) is 50.7 Å². The van der Waals surface area contributed by atoms with Crippen LogP contribution < -0.4 is 0 Å². The first kappa shape index (κ1) is 22.2. The first-order valence-electron chi connectivity index (χ1n) is 8.80. The van der Waals surface area contributed by atoms with Gasteiger partial charge in [0.2, 0.25) is 0 Å². The molecule has 0 aliphatic carbocycles. The molecule has 0 heterocycles. The van der Waals surface area contributed by atoms with E-state index in [1.54, 1.807) is 0 Å². The SMILES string of the molecule is C=CCCC(CC)COC(=O)/C=C\C(=O)OCC(CC)CCC=C. The zero-order chi connectivity index (χ0) is 18.2. The second kappa shape index (κ2) is 14.7. The average Bonchev–Trinajstić information content (AvgIpc) is 2.60. The molecular weight excluding hydrogens is 304 g/mol. The van der Waals surface area contributed by atoms with E-state index in [0.29, 0.717) is 25.0 Å². The molecule has 0 N–H and O–H groups in total. The number of ether oxygens (including phenoxy) is 2. The highest BCUT2D eigenvalue weighted by Crippen LogP contribution is 2.13. The van der Waals surface area contributed by atoms with Gasteiger partial charge in [0.05, 0.1) is 13.2 Å². The van der Waals surface area contributed by atoms with E-state index >= 15 is 0 Å². The minimum atomic E-state index is -0.511. The van der Waals surface area contributed by atoms with Gasteiger partial charge in [0.15, 0.2) is 0 Å². The Hall–Kier alpha value is -1.84. The summed E-state index contributed by atoms with van der Waals surface area (Å²) in [5.41, 5.74) is 0. The van der Waals surface area contributed by atoms with Gasteiger partial charge in [-0.3, -0.25) is 0 Å². The van der Waals surface area contributed by atoms with Crippen molar-refractivity contribution in [2.75, 3.05) is 13.2 Å². The van der Waals surface area contributed by atoms with Crippen LogP contribution >= 0.6 is 0 Å². The van der Waals surface area contributed by atoms with Crippen LogP contribution in [0.3, 0.4) is 0 Å². The Kier molecular flexibility index (Phi) is 13.6. The zero-order valence-corrected chi connectivity index (χ0v) is 15.2. The lowest BCUT2D eigenvalue weighted by Crippen LogP contribution is -2.14. The number of hydrogen-bond acceptors (Lipinski definition) is 4. The molecule has 136 valence electrons. The Bertz CT molecular complexity index is 374. The Morgan fingerprint density at radius 2 is 1.21 bits per heavy atom. The molecule has 2 unspecified atom stereocenters. The van der Waals surface area contributed by atoms with Crippen LogP contribution in [0.5, 0.6) is 0 Å². The maximum Gasteiger partial charge on any atom is 0.331 e. The van der Waals surface area contributed by atoms with Crippen LogP contribution in [-0.4, -0.2) is 25.2 Å². The van der Waals surface area contributed by atoms with E-state index in [1.807, 2.05) is 12.2 Å². The maximum atomic E-state index is 11.6. The Balaban J connectivity index is 4.08. The maximum absolute atomic E-state index is 11.6. The zero-order valence-electron chi connectivity index (χ0n) is 15.2. The Morgan fingerprint density at radius 1 is 0.833 bits per heavy atom. The van der Waals surface area contributed by atoms with Crippen molar-refractivity contribution < 1.29 is 19.1 Å². The second-order valence-electron chi connectivity index (χ2n) is 5.87. The van der Waals surface area contributed by atoms with Crippen molar-refractivity contribution in [3.63, 3.8) is 0 Å². The van der Waals surface area contributed by atoms with Gasteiger partial charge in [0.1, 0.15) is 0 Å². The molecule has 0 saturated heterocycles. The summed E-state index contributed by atoms with van der Waals surface area (Å²) in [6.45, 7) is 12.2. The highest BCUT2D eigenvalue weighted by atomic mass is 16.5. The standard InChI is InChI=1S/C20H32O4/c1-5-9-11-17(7-3)15-23-19(21)13-14-20(22)24-16-18(8-4)12-10-6-2/h5-6,13-14,17-18H,1-2,7-12,15-16H2,3-4H3/b14-13-. The molecule has 4 heteroatoms. The fourth-order valence-corrected chi connectivity index (χ4v) is 2.15. The van der Waals surface area contributed by atoms with Crippen LogP contribution in [0.15, 0.2) is 37.5 Å². The molecule has 0 aliphatic rings. The summed E-state index contributed by atoms with van der Waals surface area (Å²) in [5, 5.41) is 0. The van der Waals surface area contributed by atoms with Gasteiger partial charge in [0, 0.05) is 12.2 Å². The van der Waals surface area contributed by atoms with Crippen LogP contribution in [0.4, 0.5) is 0 Å². The molecule has 0 spiro atoms. The molecule has 0 radical (unpaired) electrons. The van der Waals surface area contributed by atoms with E-state index in [2.05, 4.69) is 27.0 Å². The summed E-state index contributed by atoms with van der Waals surface area (Å²) >= 11 is 0. The fraction of sp³-hybridized carbons (Fsp3) is 0.600. The van der Waals surface area contributed by atoms with Crippen molar-refractivity contribution >= 4 is 11.9 Å². The minimum Gasteiger partial charge on any atom is -0.462 e. The Labute approximate surface area is 146 Å². The van der Waals surface area contributed by atoms with Crippen LogP contribution in [0, 0.1) is 11.8 Å². The number of allylic oxidation sites excluding steroid dienone is 2. The number of rotatable bonds is 14. The molecule has 24 heavy (non-hydrogen) atoms. The monoisotopic (exact) mass is 336 g/mol. The molecule has 2 atom stereocenters. The van der Waals surface area contributed by atoms with Gasteiger partial charge in [-0.15, -0.1) is 13.2 Å². The van der Waals surface area contributed by atoms with Gasteiger partial charge in [-0.25, -0.2) is 9.59 Å². The minimum absolute atomic E-state index is 0.322. The molecule has 0 bridgehead atoms. The van der Waals surface area contributed by atoms with Gasteiger partial charge in [-0.2, -0.15) is 0 Å². The van der Waals surface area contributed by atoms with Crippen LogP contribution in [0.1, 0.15) is 52.4 Å². The largest absolute Gasteiger partial charge is 0.462 e. The molecule has 0 fully saturated rings. The number of carbonyl (C=O) groups is 2. The van der Waals surface area contributed by atoms with Crippen LogP contribution in [0.25, 0.3) is 0 Å². The molecule has 0 saturated carbocycles. The summed E-state index contributed by atoms with van der Waals surface area (Å²) in [5.74, 6) is -0.379. The predicted octanol–water partition coefficient (Wildman–Crippen LogP) is 4.61. The third-order valence-electron chi connectivity index (χ3n) is 3.99. The third-order valence-corrected chi connectivity index (χ3v) is 3.99. The van der Waals surface area contributed by atoms with E-state index in [1.165, 1.54) is 0 Å². The van der Waals surface area contributed by atoms with Gasteiger partial charge in [-0.05, 0) is 37.5 Å². The summed E-state index contributed by atoms with van der Waals surface area (Å²) in [6, 6.07) is 0. The molecule has 0 aromatic rings. The lowest BCUT2D eigenvalue weighted by molar-refractivity contribution is -0.142. The van der Waals surface area contributed by atoms with E-state index in [9.17, 15) is 9.59 Å². The third kappa shape index (κ3) is 11.7. The quantitative estimate of drug-likeness (QED) is 0.264. The topological polar surface area (TPSA) is 52.6 Å². The lowest BCUT2D eigenvalue weighted by atomic mass is 10.0. The van der Waals surface area contributed by atoms with Crippen molar-refractivity contribution in [3.8, 4) is 0 Å². The molecule has 0 rings (SSSR count). The van der Waals surface area contributed by atoms with Gasteiger partial charge < -0.3 is 9.47 Å². The summed E-state index contributed by atoms with van der Waals surface area (Å²) in [4.78, 5) is 23.3. The predicted molar refractivity (Wildman–Crippen MR) is 97.5 cm³/mol. The fourth-order valence-electron chi connectivity index (χ4n) is 2.15. The highest BCUT2D eigenvalue weighted by molar-refractivity contribution is 5.91. The van der Waals surface area contributed by atoms with Crippen molar-refractivity contribution in [3.05, 3.63) is 37.5 Å². The average molecular weight is 336 g/mol. The number of hydrogen-bond donors (Lipinski definition) is 0. The molecule has 0 aromatic heterocycles. The normalized spacial score (nSPS) is 13.2. The molecule has 0 aromatic carbocycles. The summed E-state index contributed by atoms with van der Waals surface area (Å²) in [7, 11) is 0. The summed E-state index contributed by atoms with van der Waals surface area (Å²) in [6.07, 6.45) is 11.6. The molecule has 4 nitrogen and oxygen atoms in total. The van der Waals surface area contributed by atoms with Crippen LogP contribution in [-0.2, 0) is 19.1 Å². The molecular formula is C20H32O4. The summed E-state index contributed by atoms with van der Waals surface area (Å²) < 4.78 is 10.3. The molecule has 0 amide bonds. The molecule has 0 aliphatic heterocycles. The highest BCUT2D eigenvalue weighted by Gasteiger charge is 2.10. The van der Waals surface area contributed by atoms with Gasteiger partial charge in [0.25, 0.3) is 0 Å². The van der Waals surface area contributed by atoms with Crippen molar-refractivity contribution in [1.29, 1.82) is 0 Å². The first-order valence-corrected chi connectivity index (χ1v) is 8.80.